The molecule has 1 aromatic carbocycles. The zero-order valence-corrected chi connectivity index (χ0v) is 10.7. The van der Waals surface area contributed by atoms with Crippen LogP contribution in [0.15, 0.2) is 22.9 Å². The van der Waals surface area contributed by atoms with E-state index in [1.54, 1.807) is 0 Å². The molecule has 0 saturated heterocycles. The minimum Gasteiger partial charge on any atom is -0.351 e. The number of rotatable bonds is 0. The summed E-state index contributed by atoms with van der Waals surface area (Å²) >= 11 is 9.53. The van der Waals surface area contributed by atoms with Gasteiger partial charge in [-0.05, 0) is 24.6 Å². The van der Waals surface area contributed by atoms with E-state index in [-0.39, 0.29) is 0 Å². The lowest BCUT2D eigenvalue weighted by Crippen LogP contribution is -1.80. The first-order chi connectivity index (χ1) is 7.66. The fourth-order valence-electron chi connectivity index (χ4n) is 1.79. The average molecular weight is 297 g/mol. The van der Waals surface area contributed by atoms with Crippen molar-refractivity contribution in [3.63, 3.8) is 0 Å². The predicted molar refractivity (Wildman–Crippen MR) is 68.8 cm³/mol. The summed E-state index contributed by atoms with van der Waals surface area (Å²) in [6, 6.07) is 4.12. The van der Waals surface area contributed by atoms with Crippen molar-refractivity contribution in [3.05, 3.63) is 33.6 Å². The summed E-state index contributed by atoms with van der Waals surface area (Å²) in [6.07, 6.45) is 1.48. The van der Waals surface area contributed by atoms with Gasteiger partial charge in [0.15, 0.2) is 5.15 Å². The summed E-state index contributed by atoms with van der Waals surface area (Å²) in [7, 11) is 0. The largest absolute Gasteiger partial charge is 0.351 e. The Hall–Kier alpha value is -1.13. The molecule has 0 saturated carbocycles. The summed E-state index contributed by atoms with van der Waals surface area (Å²) in [6.45, 7) is 2.04. The molecular weight excluding hydrogens is 289 g/mol. The van der Waals surface area contributed by atoms with Gasteiger partial charge in [0.1, 0.15) is 17.4 Å². The zero-order valence-electron chi connectivity index (χ0n) is 8.38. The number of hydrogen-bond donors (Lipinski definition) is 1. The minimum absolute atomic E-state index is 0.454. The number of H-pyrrole nitrogens is 1. The molecule has 0 aliphatic carbocycles. The molecule has 0 radical (unpaired) electrons. The third-order valence-corrected chi connectivity index (χ3v) is 3.76. The van der Waals surface area contributed by atoms with Crippen molar-refractivity contribution in [3.8, 4) is 0 Å². The van der Waals surface area contributed by atoms with Crippen LogP contribution in [-0.4, -0.2) is 15.0 Å². The molecule has 0 bridgehead atoms. The highest BCUT2D eigenvalue weighted by molar-refractivity contribution is 9.10. The van der Waals surface area contributed by atoms with Crippen molar-refractivity contribution < 1.29 is 0 Å². The smallest absolute Gasteiger partial charge is 0.156 e. The molecule has 2 aromatic heterocycles. The Morgan fingerprint density at radius 3 is 2.94 bits per heavy atom. The number of benzene rings is 1. The van der Waals surface area contributed by atoms with E-state index >= 15 is 0 Å². The second-order valence-corrected chi connectivity index (χ2v) is 4.87. The molecule has 1 N–H and O–H groups in total. The molecule has 0 aliphatic rings. The molecule has 0 fully saturated rings. The lowest BCUT2D eigenvalue weighted by atomic mass is 10.2. The molecular formula is C11H7BrClN3. The van der Waals surface area contributed by atoms with Gasteiger partial charge in [0.2, 0.25) is 0 Å². The molecule has 3 rings (SSSR count). The van der Waals surface area contributed by atoms with Crippen LogP contribution in [0.1, 0.15) is 5.56 Å². The summed E-state index contributed by atoms with van der Waals surface area (Å²) < 4.78 is 1.07. The summed E-state index contributed by atoms with van der Waals surface area (Å²) in [5, 5.41) is 1.51. The standard InChI is InChI=1S/C11H7BrClN3/c1-5-2-8-6(3-7(5)12)9-10(16-8)11(13)15-4-14-9/h2-4,16H,1H3. The van der Waals surface area contributed by atoms with Gasteiger partial charge in [0.25, 0.3) is 0 Å². The van der Waals surface area contributed by atoms with Crippen molar-refractivity contribution in [1.82, 2.24) is 15.0 Å². The van der Waals surface area contributed by atoms with Gasteiger partial charge in [0.05, 0.1) is 0 Å². The van der Waals surface area contributed by atoms with Crippen LogP contribution in [-0.2, 0) is 0 Å². The van der Waals surface area contributed by atoms with Crippen molar-refractivity contribution in [2.24, 2.45) is 0 Å². The van der Waals surface area contributed by atoms with Crippen molar-refractivity contribution in [2.45, 2.75) is 6.92 Å². The predicted octanol–water partition coefficient (Wildman–Crippen LogP) is 3.84. The quantitative estimate of drug-likeness (QED) is 0.640. The molecule has 0 aliphatic heterocycles. The summed E-state index contributed by atoms with van der Waals surface area (Å²) in [4.78, 5) is 11.4. The SMILES string of the molecule is Cc1cc2[nH]c3c(Cl)ncnc3c2cc1Br. The summed E-state index contributed by atoms with van der Waals surface area (Å²) in [5.74, 6) is 0. The molecule has 0 amide bonds. The first-order valence-electron chi connectivity index (χ1n) is 4.75. The highest BCUT2D eigenvalue weighted by Crippen LogP contribution is 2.30. The van der Waals surface area contributed by atoms with E-state index in [1.807, 2.05) is 13.0 Å². The minimum atomic E-state index is 0.454. The lowest BCUT2D eigenvalue weighted by molar-refractivity contribution is 1.22. The number of halogens is 2. The zero-order chi connectivity index (χ0) is 11.3. The van der Waals surface area contributed by atoms with E-state index in [2.05, 4.69) is 36.9 Å². The average Bonchev–Trinajstić information content (AvgIpc) is 2.59. The Bertz CT molecular complexity index is 705. The fourth-order valence-corrected chi connectivity index (χ4v) is 2.32. The van der Waals surface area contributed by atoms with Crippen LogP contribution in [0.3, 0.4) is 0 Å². The van der Waals surface area contributed by atoms with Gasteiger partial charge < -0.3 is 4.98 Å². The van der Waals surface area contributed by atoms with Crippen molar-refractivity contribution >= 4 is 49.5 Å². The van der Waals surface area contributed by atoms with Gasteiger partial charge in [-0.1, -0.05) is 27.5 Å². The first kappa shape index (κ1) is 10.1. The highest BCUT2D eigenvalue weighted by Gasteiger charge is 2.10. The van der Waals surface area contributed by atoms with Crippen LogP contribution in [0.5, 0.6) is 0 Å². The van der Waals surface area contributed by atoms with Crippen molar-refractivity contribution in [1.29, 1.82) is 0 Å². The third-order valence-electron chi connectivity index (χ3n) is 2.61. The second kappa shape index (κ2) is 3.43. The Kier molecular flexibility index (Phi) is 2.16. The van der Waals surface area contributed by atoms with Crippen LogP contribution in [0.4, 0.5) is 0 Å². The normalized spacial score (nSPS) is 11.4. The second-order valence-electron chi connectivity index (χ2n) is 3.66. The van der Waals surface area contributed by atoms with Crippen LogP contribution in [0.2, 0.25) is 5.15 Å². The van der Waals surface area contributed by atoms with E-state index in [1.165, 1.54) is 11.9 Å². The first-order valence-corrected chi connectivity index (χ1v) is 5.92. The van der Waals surface area contributed by atoms with Gasteiger partial charge >= 0.3 is 0 Å². The molecule has 3 nitrogen and oxygen atoms in total. The van der Waals surface area contributed by atoms with E-state index in [4.69, 9.17) is 11.6 Å². The molecule has 2 heterocycles. The Balaban J connectivity index is 2.56. The molecule has 5 heteroatoms. The number of hydrogen-bond acceptors (Lipinski definition) is 2. The van der Waals surface area contributed by atoms with Gasteiger partial charge in [-0.3, -0.25) is 0 Å². The molecule has 0 unspecified atom stereocenters. The monoisotopic (exact) mass is 295 g/mol. The Morgan fingerprint density at radius 2 is 2.12 bits per heavy atom. The molecule has 0 spiro atoms. The van der Waals surface area contributed by atoms with Crippen molar-refractivity contribution in [2.75, 3.05) is 0 Å². The topological polar surface area (TPSA) is 41.6 Å². The van der Waals surface area contributed by atoms with Crippen LogP contribution < -0.4 is 0 Å². The van der Waals surface area contributed by atoms with Crippen LogP contribution >= 0.6 is 27.5 Å². The highest BCUT2D eigenvalue weighted by atomic mass is 79.9. The maximum Gasteiger partial charge on any atom is 0.156 e. The number of nitrogens with one attached hydrogen (secondary N) is 1. The Morgan fingerprint density at radius 1 is 1.31 bits per heavy atom. The third kappa shape index (κ3) is 1.33. The number of aryl methyl sites for hydroxylation is 1. The maximum absolute atomic E-state index is 6.01. The molecule has 80 valence electrons. The summed E-state index contributed by atoms with van der Waals surface area (Å²) in [5.41, 5.74) is 3.84. The van der Waals surface area contributed by atoms with Crippen LogP contribution in [0, 0.1) is 6.92 Å². The van der Waals surface area contributed by atoms with E-state index < -0.39 is 0 Å². The molecule has 0 atom stereocenters. The number of nitrogens with zero attached hydrogens (tertiary/aromatic N) is 2. The van der Waals surface area contributed by atoms with Gasteiger partial charge in [-0.15, -0.1) is 0 Å². The lowest BCUT2D eigenvalue weighted by Gasteiger charge is -1.97. The molecule has 16 heavy (non-hydrogen) atoms. The van der Waals surface area contributed by atoms with E-state index in [0.29, 0.717) is 5.15 Å². The number of fused-ring (bicyclic) bond motifs is 3. The fraction of sp³-hybridized carbons (Fsp3) is 0.0909. The number of aromatic amines is 1. The molecule has 3 aromatic rings. The van der Waals surface area contributed by atoms with Crippen LogP contribution in [0.25, 0.3) is 21.9 Å². The van der Waals surface area contributed by atoms with E-state index in [9.17, 15) is 0 Å². The number of aromatic nitrogens is 3. The van der Waals surface area contributed by atoms with Gasteiger partial charge in [-0.25, -0.2) is 9.97 Å². The van der Waals surface area contributed by atoms with Gasteiger partial charge in [0, 0.05) is 15.4 Å². The maximum atomic E-state index is 6.01. The van der Waals surface area contributed by atoms with E-state index in [0.717, 1.165) is 26.4 Å². The Labute approximate surface area is 105 Å². The van der Waals surface area contributed by atoms with Gasteiger partial charge in [-0.2, -0.15) is 0 Å².